The largest absolute Gasteiger partial charge is 0.341 e. The number of piperidine rings is 1. The highest BCUT2D eigenvalue weighted by Gasteiger charge is 2.31. The molecule has 0 saturated carbocycles. The second-order valence-electron chi connectivity index (χ2n) is 7.79. The molecule has 144 valence electrons. The standard InChI is InChI=1S/C22H29N3O2/c1-16-5-7-18(8-6-16)21(23(2)3)22(27)25-13-10-17(11-14-25)19-9-12-24(4)20(26)15-19/h5-9,12,15,17,21H,10-11,13-14H2,1-4H3. The normalized spacial score (nSPS) is 16.6. The van der Waals surface area contributed by atoms with Gasteiger partial charge in [-0.3, -0.25) is 14.5 Å². The summed E-state index contributed by atoms with van der Waals surface area (Å²) in [5, 5.41) is 0. The van der Waals surface area contributed by atoms with Crippen LogP contribution in [0.15, 0.2) is 47.4 Å². The fourth-order valence-electron chi connectivity index (χ4n) is 3.83. The van der Waals surface area contributed by atoms with Gasteiger partial charge in [0.1, 0.15) is 6.04 Å². The van der Waals surface area contributed by atoms with Crippen molar-refractivity contribution in [3.63, 3.8) is 0 Å². The van der Waals surface area contributed by atoms with E-state index in [0.717, 1.165) is 37.1 Å². The number of aryl methyl sites for hydroxylation is 2. The second kappa shape index (κ2) is 8.09. The Kier molecular flexibility index (Phi) is 5.80. The number of likely N-dealkylation sites (N-methyl/N-ethyl adjacent to an activating group) is 1. The first-order valence-corrected chi connectivity index (χ1v) is 9.55. The lowest BCUT2D eigenvalue weighted by atomic mass is 9.89. The van der Waals surface area contributed by atoms with Crippen molar-refractivity contribution < 1.29 is 4.79 Å². The van der Waals surface area contributed by atoms with E-state index in [4.69, 9.17) is 0 Å². The number of carbonyl (C=O) groups is 1. The maximum atomic E-state index is 13.2. The van der Waals surface area contributed by atoms with E-state index in [2.05, 4.69) is 19.1 Å². The van der Waals surface area contributed by atoms with E-state index in [0.29, 0.717) is 5.92 Å². The molecule has 1 aromatic heterocycles. The van der Waals surface area contributed by atoms with Crippen molar-refractivity contribution in [3.05, 3.63) is 69.6 Å². The molecule has 1 amide bonds. The predicted octanol–water partition coefficient (Wildman–Crippen LogP) is 2.70. The van der Waals surface area contributed by atoms with Crippen LogP contribution < -0.4 is 5.56 Å². The first kappa shape index (κ1) is 19.4. The number of aromatic nitrogens is 1. The summed E-state index contributed by atoms with van der Waals surface area (Å²) in [5.74, 6) is 0.506. The molecule has 3 rings (SSSR count). The summed E-state index contributed by atoms with van der Waals surface area (Å²) in [6, 6.07) is 11.7. The molecule has 0 aliphatic carbocycles. The Morgan fingerprint density at radius 2 is 1.74 bits per heavy atom. The highest BCUT2D eigenvalue weighted by Crippen LogP contribution is 2.29. The minimum Gasteiger partial charge on any atom is -0.341 e. The van der Waals surface area contributed by atoms with E-state index >= 15 is 0 Å². The Bertz CT molecular complexity index is 847. The zero-order valence-electron chi connectivity index (χ0n) is 16.7. The average molecular weight is 367 g/mol. The maximum absolute atomic E-state index is 13.2. The van der Waals surface area contributed by atoms with Crippen LogP contribution in [-0.2, 0) is 11.8 Å². The molecule has 1 aliphatic rings. The smallest absolute Gasteiger partial charge is 0.250 e. The molecule has 0 spiro atoms. The van der Waals surface area contributed by atoms with Crippen LogP contribution in [0.5, 0.6) is 0 Å². The van der Waals surface area contributed by atoms with E-state index in [9.17, 15) is 9.59 Å². The van der Waals surface area contributed by atoms with Gasteiger partial charge in [0.2, 0.25) is 5.91 Å². The molecule has 0 radical (unpaired) electrons. The molecule has 2 heterocycles. The highest BCUT2D eigenvalue weighted by molar-refractivity contribution is 5.83. The average Bonchev–Trinajstić information content (AvgIpc) is 2.65. The number of benzene rings is 1. The topological polar surface area (TPSA) is 45.6 Å². The summed E-state index contributed by atoms with van der Waals surface area (Å²) < 4.78 is 1.59. The SMILES string of the molecule is Cc1ccc(C(C(=O)N2CCC(c3ccn(C)c(=O)c3)CC2)N(C)C)cc1. The van der Waals surface area contributed by atoms with Gasteiger partial charge in [-0.15, -0.1) is 0 Å². The van der Waals surface area contributed by atoms with Crippen LogP contribution in [0.4, 0.5) is 0 Å². The number of hydrogen-bond acceptors (Lipinski definition) is 3. The third-order valence-corrected chi connectivity index (χ3v) is 5.55. The van der Waals surface area contributed by atoms with Crippen molar-refractivity contribution in [1.29, 1.82) is 0 Å². The first-order valence-electron chi connectivity index (χ1n) is 9.55. The maximum Gasteiger partial charge on any atom is 0.250 e. The van der Waals surface area contributed by atoms with Crippen LogP contribution in [0.2, 0.25) is 0 Å². The first-order chi connectivity index (χ1) is 12.9. The fraction of sp³-hybridized carbons (Fsp3) is 0.455. The summed E-state index contributed by atoms with van der Waals surface area (Å²) in [4.78, 5) is 29.1. The Labute approximate surface area is 161 Å². The lowest BCUT2D eigenvalue weighted by molar-refractivity contribution is -0.137. The molecule has 1 aromatic carbocycles. The van der Waals surface area contributed by atoms with Gasteiger partial charge in [0.25, 0.3) is 5.56 Å². The van der Waals surface area contributed by atoms with Gasteiger partial charge in [0.05, 0.1) is 0 Å². The summed E-state index contributed by atoms with van der Waals surface area (Å²) in [6.07, 6.45) is 3.62. The van der Waals surface area contributed by atoms with E-state index < -0.39 is 0 Å². The van der Waals surface area contributed by atoms with E-state index in [-0.39, 0.29) is 17.5 Å². The van der Waals surface area contributed by atoms with Crippen molar-refractivity contribution in [2.24, 2.45) is 7.05 Å². The molecule has 0 N–H and O–H groups in total. The van der Waals surface area contributed by atoms with Crippen LogP contribution in [0.3, 0.4) is 0 Å². The van der Waals surface area contributed by atoms with Gasteiger partial charge in [-0.2, -0.15) is 0 Å². The number of amides is 1. The van der Waals surface area contributed by atoms with Crippen molar-refractivity contribution in [1.82, 2.24) is 14.4 Å². The van der Waals surface area contributed by atoms with Crippen LogP contribution in [0.1, 0.15) is 41.5 Å². The van der Waals surface area contributed by atoms with Gasteiger partial charge < -0.3 is 9.47 Å². The quantitative estimate of drug-likeness (QED) is 0.835. The van der Waals surface area contributed by atoms with Crippen molar-refractivity contribution in [2.75, 3.05) is 27.2 Å². The van der Waals surface area contributed by atoms with Crippen LogP contribution in [0, 0.1) is 6.92 Å². The summed E-state index contributed by atoms with van der Waals surface area (Å²) in [7, 11) is 5.67. The van der Waals surface area contributed by atoms with Crippen molar-refractivity contribution >= 4 is 5.91 Å². The molecule has 5 nitrogen and oxygen atoms in total. The molecule has 27 heavy (non-hydrogen) atoms. The molecule has 1 aliphatic heterocycles. The van der Waals surface area contributed by atoms with E-state index in [1.807, 2.05) is 48.3 Å². The van der Waals surface area contributed by atoms with E-state index in [1.54, 1.807) is 17.7 Å². The van der Waals surface area contributed by atoms with Gasteiger partial charge in [-0.1, -0.05) is 29.8 Å². The fourth-order valence-corrected chi connectivity index (χ4v) is 3.83. The lowest BCUT2D eigenvalue weighted by Crippen LogP contribution is -2.44. The molecule has 2 aromatic rings. The second-order valence-corrected chi connectivity index (χ2v) is 7.79. The zero-order valence-corrected chi connectivity index (χ0v) is 16.7. The van der Waals surface area contributed by atoms with Crippen LogP contribution >= 0.6 is 0 Å². The van der Waals surface area contributed by atoms with Gasteiger partial charge in [0.15, 0.2) is 0 Å². The molecular weight excluding hydrogens is 338 g/mol. The Morgan fingerprint density at radius 1 is 1.11 bits per heavy atom. The predicted molar refractivity (Wildman–Crippen MR) is 108 cm³/mol. The van der Waals surface area contributed by atoms with Gasteiger partial charge in [-0.25, -0.2) is 0 Å². The summed E-state index contributed by atoms with van der Waals surface area (Å²) in [5.41, 5.74) is 3.34. The third-order valence-electron chi connectivity index (χ3n) is 5.55. The molecule has 1 unspecified atom stereocenters. The van der Waals surface area contributed by atoms with E-state index in [1.165, 1.54) is 5.56 Å². The molecule has 1 atom stereocenters. The Balaban J connectivity index is 1.70. The number of hydrogen-bond donors (Lipinski definition) is 0. The number of pyridine rings is 1. The number of carbonyl (C=O) groups excluding carboxylic acids is 1. The number of rotatable bonds is 4. The van der Waals surface area contributed by atoms with Crippen LogP contribution in [0.25, 0.3) is 0 Å². The molecule has 1 fully saturated rings. The Hall–Kier alpha value is -2.40. The van der Waals surface area contributed by atoms with Gasteiger partial charge in [0, 0.05) is 32.4 Å². The molecule has 0 bridgehead atoms. The minimum atomic E-state index is -0.258. The van der Waals surface area contributed by atoms with Crippen molar-refractivity contribution in [3.8, 4) is 0 Å². The molecule has 5 heteroatoms. The minimum absolute atomic E-state index is 0.0260. The summed E-state index contributed by atoms with van der Waals surface area (Å²) >= 11 is 0. The zero-order chi connectivity index (χ0) is 19.6. The van der Waals surface area contributed by atoms with Crippen molar-refractivity contribution in [2.45, 2.75) is 31.7 Å². The molecular formula is C22H29N3O2. The Morgan fingerprint density at radius 3 is 2.30 bits per heavy atom. The van der Waals surface area contributed by atoms with Gasteiger partial charge >= 0.3 is 0 Å². The summed E-state index contributed by atoms with van der Waals surface area (Å²) in [6.45, 7) is 3.52. The monoisotopic (exact) mass is 367 g/mol. The van der Waals surface area contributed by atoms with Gasteiger partial charge in [-0.05, 0) is 57.0 Å². The number of likely N-dealkylation sites (tertiary alicyclic amines) is 1. The third kappa shape index (κ3) is 4.30. The van der Waals surface area contributed by atoms with Crippen LogP contribution in [-0.4, -0.2) is 47.5 Å². The highest BCUT2D eigenvalue weighted by atomic mass is 16.2. The molecule has 1 saturated heterocycles. The lowest BCUT2D eigenvalue weighted by Gasteiger charge is -2.36. The number of nitrogens with zero attached hydrogens (tertiary/aromatic N) is 3.